The number of aliphatic hydroxyl groups excluding tert-OH is 1. The molecule has 2 aliphatic rings. The van der Waals surface area contributed by atoms with Crippen molar-refractivity contribution in [3.05, 3.63) is 110 Å². The first-order valence-electron chi connectivity index (χ1n) is 25.0. The van der Waals surface area contributed by atoms with Crippen molar-refractivity contribution < 1.29 is 28.3 Å². The van der Waals surface area contributed by atoms with Crippen LogP contribution in [0.15, 0.2) is 71.2 Å². The van der Waals surface area contributed by atoms with E-state index in [9.17, 15) is 33.1 Å². The van der Waals surface area contributed by atoms with Gasteiger partial charge in [-0.2, -0.15) is 5.10 Å². The number of aryl methyl sites for hydroxylation is 5. The minimum absolute atomic E-state index is 0.0111. The van der Waals surface area contributed by atoms with Gasteiger partial charge in [0, 0.05) is 79.6 Å². The van der Waals surface area contributed by atoms with E-state index >= 15 is 0 Å². The Morgan fingerprint density at radius 2 is 1.69 bits per heavy atom. The van der Waals surface area contributed by atoms with Crippen molar-refractivity contribution in [3.8, 4) is 21.6 Å². The highest BCUT2D eigenvalue weighted by molar-refractivity contribution is 7.13. The first-order chi connectivity index (χ1) is 34.5. The summed E-state index contributed by atoms with van der Waals surface area (Å²) in [6, 6.07) is 12.7. The van der Waals surface area contributed by atoms with Crippen LogP contribution in [-0.2, 0) is 34.4 Å². The first kappa shape index (κ1) is 52.3. The highest BCUT2D eigenvalue weighted by atomic mass is 35.5. The number of halogens is 3. The zero-order valence-electron chi connectivity index (χ0n) is 41.8. The van der Waals surface area contributed by atoms with Crippen molar-refractivity contribution >= 4 is 63.1 Å². The SMILES string of the molecule is Cc1ncsc1-c1ccc([C@H](C)NC(=O)[C@@H]2C[C@@H](O)CN2C(=O)[C@@H](NC(=O)CCCCCCCCn2cc(-c3cc4c(cc3C(F)F)N(c3nc(Cl)cc5c3cc(C)c(=O)n5C)CCC4)cn2)C(C)C)cc1. The number of hydrogen-bond acceptors (Lipinski definition) is 10. The molecule has 18 heteroatoms. The van der Waals surface area contributed by atoms with Crippen molar-refractivity contribution in [3.63, 3.8) is 0 Å². The molecule has 382 valence electrons. The maximum absolute atomic E-state index is 14.9. The summed E-state index contributed by atoms with van der Waals surface area (Å²) in [5.74, 6) is -0.681. The summed E-state index contributed by atoms with van der Waals surface area (Å²) in [5.41, 5.74) is 8.29. The summed E-state index contributed by atoms with van der Waals surface area (Å²) in [4.78, 5) is 66.9. The van der Waals surface area contributed by atoms with Crippen LogP contribution in [0, 0.1) is 19.8 Å². The van der Waals surface area contributed by atoms with E-state index in [1.807, 2.05) is 74.6 Å². The molecular formula is C54H64ClF2N9O5S. The Morgan fingerprint density at radius 3 is 2.40 bits per heavy atom. The molecule has 0 aliphatic carbocycles. The second-order valence-electron chi connectivity index (χ2n) is 19.7. The Kier molecular flexibility index (Phi) is 16.6. The molecule has 2 aliphatic heterocycles. The summed E-state index contributed by atoms with van der Waals surface area (Å²) >= 11 is 8.05. The van der Waals surface area contributed by atoms with Gasteiger partial charge >= 0.3 is 0 Å². The summed E-state index contributed by atoms with van der Waals surface area (Å²) in [7, 11) is 1.68. The summed E-state index contributed by atoms with van der Waals surface area (Å²) in [6.45, 7) is 10.5. The smallest absolute Gasteiger partial charge is 0.264 e. The maximum Gasteiger partial charge on any atom is 0.264 e. The fourth-order valence-electron chi connectivity index (χ4n) is 10.1. The van der Waals surface area contributed by atoms with Gasteiger partial charge in [0.05, 0.1) is 39.9 Å². The topological polar surface area (TPSA) is 168 Å². The molecule has 6 aromatic rings. The average Bonchev–Trinajstić information content (AvgIpc) is 4.12. The van der Waals surface area contributed by atoms with Gasteiger partial charge in [-0.3, -0.25) is 23.9 Å². The molecular weight excluding hydrogens is 960 g/mol. The lowest BCUT2D eigenvalue weighted by molar-refractivity contribution is -0.142. The standard InChI is InChI=1S/C54H64ClF2N9O5S/c1-31(2)48(54(71)66-29-39(67)24-45(66)52(69)60-33(4)35-16-18-36(19-17-35)49-34(5)58-30-72-49)62-47(68)15-11-9-7-8-10-12-20-64-28-38(27-59-64)40-23-37-14-13-21-65(43(37)25-41(40)50(56)57)51-42-22-32(3)53(70)63(6)44(42)26-46(55)61-51/h16-19,22-23,25-28,30-31,33,39,45,48,50,67H,7-15,20-21,24,29H2,1-6H3,(H,60,69)(H,62,68)/t33-,39+,45-,48-/m0/s1. The predicted octanol–water partition coefficient (Wildman–Crippen LogP) is 9.92. The van der Waals surface area contributed by atoms with Crippen LogP contribution in [0.25, 0.3) is 32.5 Å². The van der Waals surface area contributed by atoms with Gasteiger partial charge in [-0.1, -0.05) is 75.4 Å². The van der Waals surface area contributed by atoms with Crippen LogP contribution in [0.1, 0.15) is 119 Å². The molecule has 14 nitrogen and oxygen atoms in total. The second-order valence-corrected chi connectivity index (χ2v) is 20.9. The Bertz CT molecular complexity index is 2990. The molecule has 3 amide bonds. The first-order valence-corrected chi connectivity index (χ1v) is 26.3. The number of pyridine rings is 2. The van der Waals surface area contributed by atoms with Crippen molar-refractivity contribution in [2.45, 2.75) is 136 Å². The lowest BCUT2D eigenvalue weighted by atomic mass is 9.93. The zero-order chi connectivity index (χ0) is 51.4. The van der Waals surface area contributed by atoms with Crippen LogP contribution in [0.4, 0.5) is 20.3 Å². The molecule has 0 spiro atoms. The molecule has 72 heavy (non-hydrogen) atoms. The van der Waals surface area contributed by atoms with Crippen LogP contribution in [0.5, 0.6) is 0 Å². The van der Waals surface area contributed by atoms with E-state index in [0.717, 1.165) is 71.2 Å². The number of rotatable bonds is 19. The van der Waals surface area contributed by atoms with E-state index in [2.05, 4.69) is 25.7 Å². The number of nitrogens with zero attached hydrogens (tertiary/aromatic N) is 7. The molecule has 0 unspecified atom stereocenters. The number of carbonyl (C=O) groups excluding carboxylic acids is 3. The number of fused-ring (bicyclic) bond motifs is 2. The van der Waals surface area contributed by atoms with E-state index in [1.54, 1.807) is 54.4 Å². The van der Waals surface area contributed by atoms with Gasteiger partial charge in [0.25, 0.3) is 12.0 Å². The number of unbranched alkanes of at least 4 members (excludes halogenated alkanes) is 5. The van der Waals surface area contributed by atoms with Gasteiger partial charge in [0.2, 0.25) is 17.7 Å². The van der Waals surface area contributed by atoms with Gasteiger partial charge in [-0.25, -0.2) is 18.7 Å². The van der Waals surface area contributed by atoms with Gasteiger partial charge in [-0.15, -0.1) is 11.3 Å². The normalized spacial score (nSPS) is 16.7. The number of aromatic nitrogens is 5. The van der Waals surface area contributed by atoms with E-state index in [-0.39, 0.29) is 65.3 Å². The molecule has 4 aromatic heterocycles. The number of alkyl halides is 2. The predicted molar refractivity (Wildman–Crippen MR) is 279 cm³/mol. The van der Waals surface area contributed by atoms with Gasteiger partial charge in [-0.05, 0) is 92.8 Å². The highest BCUT2D eigenvalue weighted by Crippen LogP contribution is 2.43. The number of thiazole rings is 1. The van der Waals surface area contributed by atoms with Crippen LogP contribution in [0.3, 0.4) is 0 Å². The van der Waals surface area contributed by atoms with E-state index in [4.69, 9.17) is 11.6 Å². The number of aliphatic hydroxyl groups is 1. The molecule has 2 aromatic carbocycles. The molecule has 6 heterocycles. The quantitative estimate of drug-likeness (QED) is 0.0529. The zero-order valence-corrected chi connectivity index (χ0v) is 43.3. The number of β-amino-alcohol motifs (C(OH)–C–C–N with tert-alkyl or cyclic N) is 1. The molecule has 0 saturated carbocycles. The summed E-state index contributed by atoms with van der Waals surface area (Å²) in [5, 5.41) is 22.0. The number of anilines is 2. The van der Waals surface area contributed by atoms with E-state index < -0.39 is 24.6 Å². The van der Waals surface area contributed by atoms with E-state index in [1.165, 1.54) is 9.47 Å². The van der Waals surface area contributed by atoms with Crippen molar-refractivity contribution in [1.82, 2.24) is 39.8 Å². The third-order valence-electron chi connectivity index (χ3n) is 14.1. The molecule has 4 atom stereocenters. The Hall–Kier alpha value is -6.04. The van der Waals surface area contributed by atoms with Crippen molar-refractivity contribution in [2.24, 2.45) is 13.0 Å². The summed E-state index contributed by atoms with van der Waals surface area (Å²) in [6.07, 6.45) is 6.85. The van der Waals surface area contributed by atoms with Gasteiger partial charge < -0.3 is 30.1 Å². The molecule has 3 N–H and O–H groups in total. The number of amides is 3. The molecule has 0 bridgehead atoms. The fourth-order valence-corrected chi connectivity index (χ4v) is 11.1. The minimum atomic E-state index is -2.74. The highest BCUT2D eigenvalue weighted by Gasteiger charge is 2.42. The van der Waals surface area contributed by atoms with Crippen LogP contribution in [0.2, 0.25) is 5.15 Å². The molecule has 0 radical (unpaired) electrons. The number of hydrogen-bond donors (Lipinski definition) is 3. The van der Waals surface area contributed by atoms with Crippen molar-refractivity contribution in [1.29, 1.82) is 0 Å². The third-order valence-corrected chi connectivity index (χ3v) is 15.3. The molecule has 8 rings (SSSR count). The largest absolute Gasteiger partial charge is 0.391 e. The van der Waals surface area contributed by atoms with Crippen molar-refractivity contribution in [2.75, 3.05) is 18.0 Å². The maximum atomic E-state index is 14.9. The van der Waals surface area contributed by atoms with Gasteiger partial charge in [0.1, 0.15) is 23.1 Å². The lowest BCUT2D eigenvalue weighted by Gasteiger charge is -2.32. The van der Waals surface area contributed by atoms with Crippen LogP contribution >= 0.6 is 22.9 Å². The average molecular weight is 1020 g/mol. The number of likely N-dealkylation sites (tertiary alicyclic amines) is 1. The van der Waals surface area contributed by atoms with Gasteiger partial charge in [0.15, 0.2) is 0 Å². The summed E-state index contributed by atoms with van der Waals surface area (Å²) < 4.78 is 33.1. The number of benzene rings is 2. The number of carbonyl (C=O) groups is 3. The second kappa shape index (κ2) is 22.8. The fraction of sp³-hybridized carbons (Fsp3) is 0.463. The van der Waals surface area contributed by atoms with Crippen LogP contribution in [-0.4, -0.2) is 83.3 Å². The Labute approximate surface area is 427 Å². The minimum Gasteiger partial charge on any atom is -0.391 e. The Balaban J connectivity index is 0.790. The van der Waals surface area contributed by atoms with E-state index in [0.29, 0.717) is 59.6 Å². The number of nitrogens with one attached hydrogen (secondary N) is 2. The molecule has 1 fully saturated rings. The monoisotopic (exact) mass is 1020 g/mol. The van der Waals surface area contributed by atoms with Crippen LogP contribution < -0.4 is 21.1 Å². The third kappa shape index (κ3) is 11.6. The lowest BCUT2D eigenvalue weighted by Crippen LogP contribution is -2.55. The Morgan fingerprint density at radius 1 is 0.958 bits per heavy atom. The molecule has 1 saturated heterocycles.